The van der Waals surface area contributed by atoms with Crippen LogP contribution in [0.1, 0.15) is 34.0 Å². The number of carbonyl (C=O) groups is 1. The van der Waals surface area contributed by atoms with Gasteiger partial charge in [-0.05, 0) is 45.8 Å². The van der Waals surface area contributed by atoms with Crippen molar-refractivity contribution in [2.45, 2.75) is 26.7 Å². The van der Waals surface area contributed by atoms with Gasteiger partial charge in [0.15, 0.2) is 0 Å². The molecule has 0 atom stereocenters. The second-order valence-corrected chi connectivity index (χ2v) is 3.71. The van der Waals surface area contributed by atoms with E-state index in [1.807, 2.05) is 20.9 Å². The lowest BCUT2D eigenvalue weighted by Crippen LogP contribution is -2.13. The minimum Gasteiger partial charge on any atom is -0.475 e. The highest BCUT2D eigenvalue weighted by Gasteiger charge is 2.12. The van der Waals surface area contributed by atoms with E-state index in [9.17, 15) is 4.79 Å². The SMILES string of the molecule is CNCCCc1c(C)nc(C(=O)O)nc1C. The average Bonchev–Trinajstić information content (AvgIpc) is 2.21. The molecule has 1 aromatic heterocycles. The van der Waals surface area contributed by atoms with E-state index in [1.54, 1.807) is 0 Å². The zero-order valence-corrected chi connectivity index (χ0v) is 9.87. The predicted molar refractivity (Wildman–Crippen MR) is 60.7 cm³/mol. The number of aromatic carboxylic acids is 1. The molecule has 0 aromatic carbocycles. The third-order valence-electron chi connectivity index (χ3n) is 2.47. The molecule has 0 aliphatic rings. The number of hydrogen-bond donors (Lipinski definition) is 2. The van der Waals surface area contributed by atoms with Gasteiger partial charge in [0.05, 0.1) is 0 Å². The van der Waals surface area contributed by atoms with E-state index in [1.165, 1.54) is 0 Å². The van der Waals surface area contributed by atoms with Gasteiger partial charge >= 0.3 is 5.97 Å². The summed E-state index contributed by atoms with van der Waals surface area (Å²) >= 11 is 0. The van der Waals surface area contributed by atoms with Gasteiger partial charge < -0.3 is 10.4 Å². The minimum absolute atomic E-state index is 0.118. The number of hydrogen-bond acceptors (Lipinski definition) is 4. The quantitative estimate of drug-likeness (QED) is 0.727. The molecule has 1 heterocycles. The Kier molecular flexibility index (Phi) is 4.37. The number of nitrogens with zero attached hydrogens (tertiary/aromatic N) is 2. The molecule has 16 heavy (non-hydrogen) atoms. The first kappa shape index (κ1) is 12.6. The Labute approximate surface area is 94.9 Å². The van der Waals surface area contributed by atoms with Crippen molar-refractivity contribution in [1.82, 2.24) is 15.3 Å². The van der Waals surface area contributed by atoms with Crippen LogP contribution in [0.4, 0.5) is 0 Å². The Morgan fingerprint density at radius 3 is 2.31 bits per heavy atom. The zero-order chi connectivity index (χ0) is 12.1. The topological polar surface area (TPSA) is 75.1 Å². The van der Waals surface area contributed by atoms with Crippen molar-refractivity contribution >= 4 is 5.97 Å². The minimum atomic E-state index is -1.08. The van der Waals surface area contributed by atoms with Crippen LogP contribution in [0, 0.1) is 13.8 Å². The number of aryl methyl sites for hydroxylation is 2. The molecule has 0 amide bonds. The van der Waals surface area contributed by atoms with Gasteiger partial charge in [0, 0.05) is 11.4 Å². The number of aromatic nitrogens is 2. The Bertz CT molecular complexity index is 368. The van der Waals surface area contributed by atoms with E-state index in [0.717, 1.165) is 36.3 Å². The highest BCUT2D eigenvalue weighted by molar-refractivity contribution is 5.83. The van der Waals surface area contributed by atoms with Crippen LogP contribution in [0.2, 0.25) is 0 Å². The van der Waals surface area contributed by atoms with Crippen molar-refractivity contribution in [3.05, 3.63) is 22.8 Å². The Balaban J connectivity index is 2.89. The van der Waals surface area contributed by atoms with Crippen LogP contribution >= 0.6 is 0 Å². The smallest absolute Gasteiger partial charge is 0.373 e. The summed E-state index contributed by atoms with van der Waals surface area (Å²) in [5, 5.41) is 11.9. The molecule has 0 radical (unpaired) electrons. The van der Waals surface area contributed by atoms with Crippen LogP contribution in [-0.2, 0) is 6.42 Å². The molecule has 0 spiro atoms. The summed E-state index contributed by atoms with van der Waals surface area (Å²) in [6, 6.07) is 0. The van der Waals surface area contributed by atoms with Gasteiger partial charge in [0.25, 0.3) is 0 Å². The van der Waals surface area contributed by atoms with Crippen LogP contribution in [-0.4, -0.2) is 34.6 Å². The first-order valence-corrected chi connectivity index (χ1v) is 5.28. The fraction of sp³-hybridized carbons (Fsp3) is 0.545. The molecule has 0 saturated heterocycles. The van der Waals surface area contributed by atoms with E-state index < -0.39 is 5.97 Å². The number of nitrogens with one attached hydrogen (secondary N) is 1. The Morgan fingerprint density at radius 2 is 1.88 bits per heavy atom. The van der Waals surface area contributed by atoms with Crippen molar-refractivity contribution < 1.29 is 9.90 Å². The van der Waals surface area contributed by atoms with Crippen LogP contribution in [0.5, 0.6) is 0 Å². The standard InChI is InChI=1S/C11H17N3O2/c1-7-9(5-4-6-12-3)8(2)14-10(13-7)11(15)16/h12H,4-6H2,1-3H3,(H,15,16). The third-order valence-corrected chi connectivity index (χ3v) is 2.47. The van der Waals surface area contributed by atoms with Crippen molar-refractivity contribution in [1.29, 1.82) is 0 Å². The summed E-state index contributed by atoms with van der Waals surface area (Å²) in [6.07, 6.45) is 1.87. The monoisotopic (exact) mass is 223 g/mol. The summed E-state index contributed by atoms with van der Waals surface area (Å²) in [7, 11) is 1.91. The molecule has 5 heteroatoms. The molecule has 1 rings (SSSR count). The van der Waals surface area contributed by atoms with Crippen molar-refractivity contribution in [3.63, 3.8) is 0 Å². The summed E-state index contributed by atoms with van der Waals surface area (Å²) < 4.78 is 0. The van der Waals surface area contributed by atoms with Crippen LogP contribution in [0.25, 0.3) is 0 Å². The number of carboxylic acids is 1. The number of rotatable bonds is 5. The lowest BCUT2D eigenvalue weighted by molar-refractivity contribution is 0.0682. The molecule has 1 aromatic rings. The van der Waals surface area contributed by atoms with Gasteiger partial charge in [-0.15, -0.1) is 0 Å². The Morgan fingerprint density at radius 1 is 1.31 bits per heavy atom. The van der Waals surface area contributed by atoms with E-state index in [0.29, 0.717) is 0 Å². The maximum atomic E-state index is 10.7. The van der Waals surface area contributed by atoms with Crippen molar-refractivity contribution in [2.24, 2.45) is 0 Å². The van der Waals surface area contributed by atoms with Gasteiger partial charge in [-0.3, -0.25) is 0 Å². The summed E-state index contributed by atoms with van der Waals surface area (Å²) in [5.41, 5.74) is 2.59. The zero-order valence-electron chi connectivity index (χ0n) is 9.87. The molecular weight excluding hydrogens is 206 g/mol. The van der Waals surface area contributed by atoms with Crippen LogP contribution in [0.3, 0.4) is 0 Å². The maximum Gasteiger partial charge on any atom is 0.373 e. The number of carboxylic acid groups (broad SMARTS) is 1. The summed E-state index contributed by atoms with van der Waals surface area (Å²) in [6.45, 7) is 4.59. The second-order valence-electron chi connectivity index (χ2n) is 3.71. The molecule has 0 aliphatic heterocycles. The van der Waals surface area contributed by atoms with Gasteiger partial charge in [-0.25, -0.2) is 14.8 Å². The molecule has 5 nitrogen and oxygen atoms in total. The summed E-state index contributed by atoms with van der Waals surface area (Å²) in [5.74, 6) is -1.19. The van der Waals surface area contributed by atoms with Crippen LogP contribution in [0.15, 0.2) is 0 Å². The second kappa shape index (κ2) is 5.55. The van der Waals surface area contributed by atoms with Crippen LogP contribution < -0.4 is 5.32 Å². The third kappa shape index (κ3) is 3.00. The first-order chi connectivity index (χ1) is 7.56. The average molecular weight is 223 g/mol. The fourth-order valence-corrected chi connectivity index (χ4v) is 1.64. The maximum absolute atomic E-state index is 10.7. The largest absolute Gasteiger partial charge is 0.475 e. The highest BCUT2D eigenvalue weighted by Crippen LogP contribution is 2.12. The molecule has 0 bridgehead atoms. The van der Waals surface area contributed by atoms with Gasteiger partial charge in [-0.2, -0.15) is 0 Å². The molecule has 2 N–H and O–H groups in total. The van der Waals surface area contributed by atoms with Gasteiger partial charge in [-0.1, -0.05) is 0 Å². The van der Waals surface area contributed by atoms with Gasteiger partial charge in [0.2, 0.25) is 5.82 Å². The molecular formula is C11H17N3O2. The lowest BCUT2D eigenvalue weighted by atomic mass is 10.1. The first-order valence-electron chi connectivity index (χ1n) is 5.28. The van der Waals surface area contributed by atoms with E-state index >= 15 is 0 Å². The normalized spacial score (nSPS) is 10.4. The van der Waals surface area contributed by atoms with Gasteiger partial charge in [0.1, 0.15) is 0 Å². The van der Waals surface area contributed by atoms with E-state index in [-0.39, 0.29) is 5.82 Å². The molecule has 88 valence electrons. The molecule has 0 saturated carbocycles. The van der Waals surface area contributed by atoms with Crippen molar-refractivity contribution in [2.75, 3.05) is 13.6 Å². The van der Waals surface area contributed by atoms with E-state index in [4.69, 9.17) is 5.11 Å². The molecule has 0 unspecified atom stereocenters. The van der Waals surface area contributed by atoms with Crippen molar-refractivity contribution in [3.8, 4) is 0 Å². The Hall–Kier alpha value is -1.49. The summed E-state index contributed by atoms with van der Waals surface area (Å²) in [4.78, 5) is 18.7. The highest BCUT2D eigenvalue weighted by atomic mass is 16.4. The predicted octanol–water partition coefficient (Wildman–Crippen LogP) is 0.944. The fourth-order valence-electron chi connectivity index (χ4n) is 1.64. The lowest BCUT2D eigenvalue weighted by Gasteiger charge is -2.09. The molecule has 0 fully saturated rings. The molecule has 0 aliphatic carbocycles. The van der Waals surface area contributed by atoms with E-state index in [2.05, 4.69) is 15.3 Å².